The lowest BCUT2D eigenvalue weighted by Gasteiger charge is -2.21. The maximum absolute atomic E-state index is 12.4. The maximum Gasteiger partial charge on any atom is 0.260 e. The molecule has 0 unspecified atom stereocenters. The van der Waals surface area contributed by atoms with Crippen LogP contribution in [0.2, 0.25) is 0 Å². The summed E-state index contributed by atoms with van der Waals surface area (Å²) in [5.74, 6) is 2.40. The van der Waals surface area contributed by atoms with Crippen LogP contribution in [0, 0.1) is 25.7 Å². The molecule has 4 nitrogen and oxygen atoms in total. The first-order valence-electron chi connectivity index (χ1n) is 8.32. The molecule has 2 heterocycles. The van der Waals surface area contributed by atoms with Gasteiger partial charge in [-0.1, -0.05) is 6.07 Å². The van der Waals surface area contributed by atoms with Gasteiger partial charge in [0, 0.05) is 13.1 Å². The standard InChI is InChI=1S/C18H26N2O2/c1-13-3-4-17(9-14(13)2)22-12-18(21)20-7-5-15-10-19-11-16(15)6-8-20/h3-4,9,15-16,19H,5-8,10-12H2,1-2H3/t15-,16+. The first kappa shape index (κ1) is 15.3. The molecule has 0 spiro atoms. The molecule has 2 aliphatic heterocycles. The van der Waals surface area contributed by atoms with Gasteiger partial charge < -0.3 is 15.0 Å². The molecular formula is C18H26N2O2. The molecule has 0 aliphatic carbocycles. The third-order valence-electron chi connectivity index (χ3n) is 5.21. The number of hydrogen-bond acceptors (Lipinski definition) is 3. The van der Waals surface area contributed by atoms with Gasteiger partial charge in [-0.25, -0.2) is 0 Å². The number of amides is 1. The molecule has 120 valence electrons. The average Bonchev–Trinajstić information content (AvgIpc) is 2.87. The number of rotatable bonds is 3. The number of aryl methyl sites for hydroxylation is 2. The Kier molecular flexibility index (Phi) is 4.67. The minimum Gasteiger partial charge on any atom is -0.484 e. The number of carbonyl (C=O) groups excluding carboxylic acids is 1. The first-order valence-corrected chi connectivity index (χ1v) is 8.32. The number of nitrogens with one attached hydrogen (secondary N) is 1. The molecule has 3 rings (SSSR count). The van der Waals surface area contributed by atoms with Gasteiger partial charge in [-0.3, -0.25) is 4.79 Å². The SMILES string of the molecule is Cc1ccc(OCC(=O)N2CC[C@@H]3CNC[C@@H]3CC2)cc1C. The lowest BCUT2D eigenvalue weighted by Crippen LogP contribution is -2.36. The van der Waals surface area contributed by atoms with Crippen molar-refractivity contribution in [2.24, 2.45) is 11.8 Å². The van der Waals surface area contributed by atoms with Crippen LogP contribution in [0.4, 0.5) is 0 Å². The van der Waals surface area contributed by atoms with Crippen molar-refractivity contribution in [3.8, 4) is 5.75 Å². The summed E-state index contributed by atoms with van der Waals surface area (Å²) in [6.07, 6.45) is 2.24. The molecule has 0 radical (unpaired) electrons. The molecule has 2 atom stereocenters. The number of nitrogens with zero attached hydrogens (tertiary/aromatic N) is 1. The summed E-state index contributed by atoms with van der Waals surface area (Å²) < 4.78 is 5.69. The highest BCUT2D eigenvalue weighted by Crippen LogP contribution is 2.27. The van der Waals surface area contributed by atoms with E-state index in [-0.39, 0.29) is 12.5 Å². The van der Waals surface area contributed by atoms with Gasteiger partial charge in [0.25, 0.3) is 5.91 Å². The van der Waals surface area contributed by atoms with Crippen LogP contribution in [-0.4, -0.2) is 43.6 Å². The summed E-state index contributed by atoms with van der Waals surface area (Å²) in [4.78, 5) is 14.4. The van der Waals surface area contributed by atoms with E-state index in [0.29, 0.717) is 0 Å². The lowest BCUT2D eigenvalue weighted by molar-refractivity contribution is -0.133. The summed E-state index contributed by atoms with van der Waals surface area (Å²) in [7, 11) is 0. The van der Waals surface area contributed by atoms with Crippen LogP contribution in [0.1, 0.15) is 24.0 Å². The van der Waals surface area contributed by atoms with Crippen LogP contribution in [-0.2, 0) is 4.79 Å². The minimum atomic E-state index is 0.117. The summed E-state index contributed by atoms with van der Waals surface area (Å²) in [6.45, 7) is 8.27. The highest BCUT2D eigenvalue weighted by Gasteiger charge is 2.31. The third-order valence-corrected chi connectivity index (χ3v) is 5.21. The fourth-order valence-electron chi connectivity index (χ4n) is 3.51. The Bertz CT molecular complexity index is 530. The van der Waals surface area contributed by atoms with Crippen molar-refractivity contribution in [1.29, 1.82) is 0 Å². The zero-order valence-corrected chi connectivity index (χ0v) is 13.6. The average molecular weight is 302 g/mol. The highest BCUT2D eigenvalue weighted by molar-refractivity contribution is 5.77. The molecule has 1 aromatic rings. The Morgan fingerprint density at radius 2 is 1.86 bits per heavy atom. The molecule has 2 aliphatic rings. The molecule has 1 amide bonds. The summed E-state index contributed by atoms with van der Waals surface area (Å²) in [5.41, 5.74) is 2.44. The van der Waals surface area contributed by atoms with E-state index in [1.165, 1.54) is 11.1 Å². The lowest BCUT2D eigenvalue weighted by atomic mass is 9.92. The Balaban J connectivity index is 1.52. The summed E-state index contributed by atoms with van der Waals surface area (Å²) in [5, 5.41) is 3.46. The van der Waals surface area contributed by atoms with Gasteiger partial charge in [0.1, 0.15) is 5.75 Å². The van der Waals surface area contributed by atoms with E-state index >= 15 is 0 Å². The van der Waals surface area contributed by atoms with Gasteiger partial charge in [-0.05, 0) is 74.9 Å². The van der Waals surface area contributed by atoms with E-state index in [2.05, 4.69) is 19.2 Å². The Morgan fingerprint density at radius 3 is 2.50 bits per heavy atom. The zero-order chi connectivity index (χ0) is 15.5. The monoisotopic (exact) mass is 302 g/mol. The van der Waals surface area contributed by atoms with Gasteiger partial charge in [-0.15, -0.1) is 0 Å². The van der Waals surface area contributed by atoms with Crippen LogP contribution in [0.5, 0.6) is 5.75 Å². The van der Waals surface area contributed by atoms with Crippen LogP contribution >= 0.6 is 0 Å². The van der Waals surface area contributed by atoms with Crippen molar-refractivity contribution >= 4 is 5.91 Å². The van der Waals surface area contributed by atoms with Gasteiger partial charge in [0.05, 0.1) is 0 Å². The van der Waals surface area contributed by atoms with Gasteiger partial charge in [0.15, 0.2) is 6.61 Å². The van der Waals surface area contributed by atoms with Crippen LogP contribution in [0.15, 0.2) is 18.2 Å². The molecule has 1 aromatic carbocycles. The Labute approximate surface area is 132 Å². The predicted molar refractivity (Wildman–Crippen MR) is 87.1 cm³/mol. The zero-order valence-electron chi connectivity index (χ0n) is 13.6. The summed E-state index contributed by atoms with van der Waals surface area (Å²) >= 11 is 0. The van der Waals surface area contributed by atoms with E-state index in [0.717, 1.165) is 56.6 Å². The quantitative estimate of drug-likeness (QED) is 0.930. The van der Waals surface area contributed by atoms with Crippen molar-refractivity contribution < 1.29 is 9.53 Å². The molecule has 2 saturated heterocycles. The number of hydrogen-bond donors (Lipinski definition) is 1. The molecule has 0 aromatic heterocycles. The third kappa shape index (κ3) is 3.43. The second kappa shape index (κ2) is 6.69. The fourth-order valence-corrected chi connectivity index (χ4v) is 3.51. The molecule has 0 bridgehead atoms. The first-order chi connectivity index (χ1) is 10.6. The number of carbonyl (C=O) groups is 1. The fraction of sp³-hybridized carbons (Fsp3) is 0.611. The molecule has 1 N–H and O–H groups in total. The number of fused-ring (bicyclic) bond motifs is 1. The van der Waals surface area contributed by atoms with E-state index in [4.69, 9.17) is 4.74 Å². The maximum atomic E-state index is 12.4. The second-order valence-corrected chi connectivity index (χ2v) is 6.67. The molecule has 22 heavy (non-hydrogen) atoms. The van der Waals surface area contributed by atoms with Crippen molar-refractivity contribution in [2.75, 3.05) is 32.8 Å². The second-order valence-electron chi connectivity index (χ2n) is 6.67. The van der Waals surface area contributed by atoms with Crippen molar-refractivity contribution in [2.45, 2.75) is 26.7 Å². The molecular weight excluding hydrogens is 276 g/mol. The van der Waals surface area contributed by atoms with Crippen molar-refractivity contribution in [3.63, 3.8) is 0 Å². The normalized spacial score (nSPS) is 24.7. The van der Waals surface area contributed by atoms with Crippen molar-refractivity contribution in [3.05, 3.63) is 29.3 Å². The number of ether oxygens (including phenoxy) is 1. The minimum absolute atomic E-state index is 0.117. The Hall–Kier alpha value is -1.55. The van der Waals surface area contributed by atoms with E-state index < -0.39 is 0 Å². The molecule has 0 saturated carbocycles. The Morgan fingerprint density at radius 1 is 1.18 bits per heavy atom. The number of likely N-dealkylation sites (tertiary alicyclic amines) is 1. The summed E-state index contributed by atoms with van der Waals surface area (Å²) in [6, 6.07) is 5.98. The van der Waals surface area contributed by atoms with Gasteiger partial charge >= 0.3 is 0 Å². The molecule has 4 heteroatoms. The van der Waals surface area contributed by atoms with E-state index in [1.54, 1.807) is 0 Å². The van der Waals surface area contributed by atoms with Crippen LogP contribution in [0.3, 0.4) is 0 Å². The van der Waals surface area contributed by atoms with Gasteiger partial charge in [0.2, 0.25) is 0 Å². The van der Waals surface area contributed by atoms with Crippen molar-refractivity contribution in [1.82, 2.24) is 10.2 Å². The largest absolute Gasteiger partial charge is 0.484 e. The highest BCUT2D eigenvalue weighted by atomic mass is 16.5. The van der Waals surface area contributed by atoms with Gasteiger partial charge in [-0.2, -0.15) is 0 Å². The number of benzene rings is 1. The topological polar surface area (TPSA) is 41.6 Å². The van der Waals surface area contributed by atoms with Crippen LogP contribution in [0.25, 0.3) is 0 Å². The van der Waals surface area contributed by atoms with E-state index in [9.17, 15) is 4.79 Å². The van der Waals surface area contributed by atoms with Crippen LogP contribution < -0.4 is 10.1 Å². The predicted octanol–water partition coefficient (Wildman–Crippen LogP) is 2.14. The van der Waals surface area contributed by atoms with E-state index in [1.807, 2.05) is 23.1 Å². The molecule has 2 fully saturated rings. The smallest absolute Gasteiger partial charge is 0.260 e.